The molecule has 26 heavy (non-hydrogen) atoms. The molecule has 6 nitrogen and oxygen atoms in total. The van der Waals surface area contributed by atoms with E-state index in [2.05, 4.69) is 10.3 Å². The highest BCUT2D eigenvalue weighted by atomic mass is 16.5. The van der Waals surface area contributed by atoms with Crippen LogP contribution in [0.4, 0.5) is 0 Å². The maximum atomic E-state index is 12.5. The Morgan fingerprint density at radius 2 is 2.08 bits per heavy atom. The van der Waals surface area contributed by atoms with Crippen LogP contribution in [0.15, 0.2) is 48.7 Å². The minimum Gasteiger partial charge on any atom is -0.493 e. The van der Waals surface area contributed by atoms with E-state index in [9.17, 15) is 14.7 Å². The lowest BCUT2D eigenvalue weighted by atomic mass is 10.0. The smallest absolute Gasteiger partial charge is 0.326 e. The third-order valence-electron chi connectivity index (χ3n) is 4.65. The van der Waals surface area contributed by atoms with Crippen molar-refractivity contribution < 1.29 is 19.4 Å². The molecule has 3 N–H and O–H groups in total. The highest BCUT2D eigenvalue weighted by molar-refractivity contribution is 5.97. The Morgan fingerprint density at radius 3 is 2.92 bits per heavy atom. The van der Waals surface area contributed by atoms with E-state index >= 15 is 0 Å². The average Bonchev–Trinajstić information content (AvgIpc) is 3.27. The van der Waals surface area contributed by atoms with Crippen molar-refractivity contribution in [3.05, 3.63) is 65.4 Å². The second-order valence-electron chi connectivity index (χ2n) is 6.35. The van der Waals surface area contributed by atoms with E-state index < -0.39 is 17.9 Å². The number of amides is 1. The van der Waals surface area contributed by atoms with Gasteiger partial charge in [-0.1, -0.05) is 18.2 Å². The zero-order valence-corrected chi connectivity index (χ0v) is 14.0. The van der Waals surface area contributed by atoms with Crippen LogP contribution in [-0.2, 0) is 17.6 Å². The molecule has 3 aromatic rings. The summed E-state index contributed by atoms with van der Waals surface area (Å²) in [6, 6.07) is 11.9. The van der Waals surface area contributed by atoms with Gasteiger partial charge in [-0.2, -0.15) is 0 Å². The number of para-hydroxylation sites is 1. The van der Waals surface area contributed by atoms with Crippen LogP contribution >= 0.6 is 0 Å². The largest absolute Gasteiger partial charge is 0.493 e. The Morgan fingerprint density at radius 1 is 1.23 bits per heavy atom. The molecular formula is C20H18N2O4. The number of ether oxygens (including phenoxy) is 1. The van der Waals surface area contributed by atoms with Gasteiger partial charge < -0.3 is 20.1 Å². The van der Waals surface area contributed by atoms with Crippen molar-refractivity contribution in [2.75, 3.05) is 6.61 Å². The van der Waals surface area contributed by atoms with Gasteiger partial charge in [0.1, 0.15) is 11.8 Å². The summed E-state index contributed by atoms with van der Waals surface area (Å²) in [5, 5.41) is 13.1. The first-order valence-electron chi connectivity index (χ1n) is 8.46. The van der Waals surface area contributed by atoms with Crippen LogP contribution in [0.3, 0.4) is 0 Å². The lowest BCUT2D eigenvalue weighted by molar-refractivity contribution is -0.139. The van der Waals surface area contributed by atoms with E-state index in [1.165, 1.54) is 0 Å². The number of carbonyl (C=O) groups is 2. The van der Waals surface area contributed by atoms with Crippen LogP contribution in [0, 0.1) is 0 Å². The molecule has 1 aromatic heterocycles. The molecule has 2 heterocycles. The number of fused-ring (bicyclic) bond motifs is 2. The first-order valence-corrected chi connectivity index (χ1v) is 8.46. The zero-order valence-electron chi connectivity index (χ0n) is 14.0. The molecule has 0 aliphatic carbocycles. The van der Waals surface area contributed by atoms with Crippen molar-refractivity contribution in [3.8, 4) is 5.75 Å². The first kappa shape index (κ1) is 16.2. The van der Waals surface area contributed by atoms with E-state index in [1.807, 2.05) is 24.3 Å². The van der Waals surface area contributed by atoms with Crippen molar-refractivity contribution in [2.45, 2.75) is 18.9 Å². The number of carbonyl (C=O) groups excluding carboxylic acids is 1. The van der Waals surface area contributed by atoms with Crippen molar-refractivity contribution in [1.29, 1.82) is 0 Å². The predicted octanol–water partition coefficient (Wildman–Crippen LogP) is 2.53. The van der Waals surface area contributed by atoms with Gasteiger partial charge in [0, 0.05) is 35.5 Å². The Bertz CT molecular complexity index is 992. The van der Waals surface area contributed by atoms with Gasteiger partial charge in [-0.15, -0.1) is 0 Å². The van der Waals surface area contributed by atoms with E-state index in [-0.39, 0.29) is 6.42 Å². The summed E-state index contributed by atoms with van der Waals surface area (Å²) in [7, 11) is 0. The number of H-pyrrole nitrogens is 1. The number of hydrogen-bond acceptors (Lipinski definition) is 3. The van der Waals surface area contributed by atoms with E-state index in [1.54, 1.807) is 24.4 Å². The normalized spacial score (nSPS) is 13.8. The van der Waals surface area contributed by atoms with Crippen LogP contribution in [0.25, 0.3) is 10.9 Å². The topological polar surface area (TPSA) is 91.4 Å². The van der Waals surface area contributed by atoms with Gasteiger partial charge >= 0.3 is 5.97 Å². The molecule has 0 saturated heterocycles. The molecular weight excluding hydrogens is 332 g/mol. The molecule has 1 aliphatic heterocycles. The van der Waals surface area contributed by atoms with Crippen LogP contribution < -0.4 is 10.1 Å². The SMILES string of the molecule is O=C(N[C@@H](Cc1c[nH]c2ccccc12)C(=O)O)c1ccc2c(c1)CCO2. The number of hydrogen-bond donors (Lipinski definition) is 3. The minimum absolute atomic E-state index is 0.207. The molecule has 0 unspecified atom stereocenters. The maximum absolute atomic E-state index is 12.5. The van der Waals surface area contributed by atoms with Crippen LogP contribution in [0.1, 0.15) is 21.5 Å². The Hall–Kier alpha value is -3.28. The maximum Gasteiger partial charge on any atom is 0.326 e. The molecule has 1 atom stereocenters. The van der Waals surface area contributed by atoms with Crippen LogP contribution in [-0.4, -0.2) is 34.6 Å². The number of aromatic nitrogens is 1. The van der Waals surface area contributed by atoms with Crippen molar-refractivity contribution in [1.82, 2.24) is 10.3 Å². The fourth-order valence-electron chi connectivity index (χ4n) is 3.29. The number of carboxylic acid groups (broad SMARTS) is 1. The summed E-state index contributed by atoms with van der Waals surface area (Å²) in [5.74, 6) is -0.671. The average molecular weight is 350 g/mol. The highest BCUT2D eigenvalue weighted by Crippen LogP contribution is 2.26. The number of rotatable bonds is 5. The number of carboxylic acids is 1. The van der Waals surface area contributed by atoms with Gasteiger partial charge in [0.2, 0.25) is 0 Å². The van der Waals surface area contributed by atoms with E-state index in [4.69, 9.17) is 4.74 Å². The molecule has 2 aromatic carbocycles. The van der Waals surface area contributed by atoms with E-state index in [0.29, 0.717) is 12.2 Å². The molecule has 0 saturated carbocycles. The second kappa shape index (κ2) is 6.55. The summed E-state index contributed by atoms with van der Waals surface area (Å²) >= 11 is 0. The second-order valence-corrected chi connectivity index (χ2v) is 6.35. The summed E-state index contributed by atoms with van der Waals surface area (Å²) in [5.41, 5.74) is 3.22. The Labute approximate surface area is 149 Å². The number of benzene rings is 2. The molecule has 132 valence electrons. The predicted molar refractivity (Wildman–Crippen MR) is 96.5 cm³/mol. The standard InChI is InChI=1S/C20H18N2O4/c23-19(13-5-6-18-12(9-13)7-8-26-18)22-17(20(24)25)10-14-11-21-16-4-2-1-3-15(14)16/h1-6,9,11,17,21H,7-8,10H2,(H,22,23)(H,24,25)/t17-/m0/s1. The molecule has 0 fully saturated rings. The lowest BCUT2D eigenvalue weighted by Crippen LogP contribution is -2.42. The summed E-state index contributed by atoms with van der Waals surface area (Å²) in [6.45, 7) is 0.610. The third-order valence-corrected chi connectivity index (χ3v) is 4.65. The molecule has 0 bridgehead atoms. The molecule has 4 rings (SSSR count). The van der Waals surface area contributed by atoms with Gasteiger partial charge in [0.15, 0.2) is 0 Å². The molecule has 1 aliphatic rings. The zero-order chi connectivity index (χ0) is 18.1. The quantitative estimate of drug-likeness (QED) is 0.659. The highest BCUT2D eigenvalue weighted by Gasteiger charge is 2.23. The summed E-state index contributed by atoms with van der Waals surface area (Å²) < 4.78 is 5.43. The van der Waals surface area contributed by atoms with Crippen molar-refractivity contribution >= 4 is 22.8 Å². The summed E-state index contributed by atoms with van der Waals surface area (Å²) in [6.07, 6.45) is 2.76. The summed E-state index contributed by atoms with van der Waals surface area (Å²) in [4.78, 5) is 27.3. The Balaban J connectivity index is 1.53. The van der Waals surface area contributed by atoms with Gasteiger partial charge in [-0.05, 0) is 35.4 Å². The van der Waals surface area contributed by atoms with Gasteiger partial charge in [0.05, 0.1) is 6.61 Å². The number of aliphatic carboxylic acids is 1. The number of nitrogens with one attached hydrogen (secondary N) is 2. The number of aromatic amines is 1. The first-order chi connectivity index (χ1) is 12.6. The van der Waals surface area contributed by atoms with Gasteiger partial charge in [0.25, 0.3) is 5.91 Å². The Kier molecular flexibility index (Phi) is 4.08. The third kappa shape index (κ3) is 3.01. The minimum atomic E-state index is -1.06. The monoisotopic (exact) mass is 350 g/mol. The molecule has 6 heteroatoms. The molecule has 0 spiro atoms. The van der Waals surface area contributed by atoms with Gasteiger partial charge in [-0.3, -0.25) is 4.79 Å². The molecule has 1 amide bonds. The van der Waals surface area contributed by atoms with Gasteiger partial charge in [-0.25, -0.2) is 4.79 Å². The molecule has 0 radical (unpaired) electrons. The lowest BCUT2D eigenvalue weighted by Gasteiger charge is -2.14. The van der Waals surface area contributed by atoms with Crippen LogP contribution in [0.2, 0.25) is 0 Å². The van der Waals surface area contributed by atoms with Crippen molar-refractivity contribution in [2.24, 2.45) is 0 Å². The van der Waals surface area contributed by atoms with E-state index in [0.717, 1.165) is 34.2 Å². The van der Waals surface area contributed by atoms with Crippen LogP contribution in [0.5, 0.6) is 5.75 Å². The fraction of sp³-hybridized carbons (Fsp3) is 0.200. The van der Waals surface area contributed by atoms with Crippen molar-refractivity contribution in [3.63, 3.8) is 0 Å². The fourth-order valence-corrected chi connectivity index (χ4v) is 3.29.